The first-order valence-electron chi connectivity index (χ1n) is 12.8. The van der Waals surface area contributed by atoms with E-state index in [0.29, 0.717) is 46.4 Å². The zero-order valence-corrected chi connectivity index (χ0v) is 24.7. The van der Waals surface area contributed by atoms with E-state index in [1.54, 1.807) is 6.07 Å². The predicted octanol–water partition coefficient (Wildman–Crippen LogP) is 6.84. The molecule has 216 valence electrons. The number of carboxylic acid groups (broad SMARTS) is 1. The number of aliphatic carboxylic acids is 1. The van der Waals surface area contributed by atoms with Crippen molar-refractivity contribution in [2.45, 2.75) is 54.7 Å². The van der Waals surface area contributed by atoms with Gasteiger partial charge in [0.05, 0.1) is 17.1 Å². The van der Waals surface area contributed by atoms with Crippen LogP contribution in [0.15, 0.2) is 68.6 Å². The van der Waals surface area contributed by atoms with Gasteiger partial charge in [0, 0.05) is 60.8 Å². The van der Waals surface area contributed by atoms with Crippen molar-refractivity contribution in [2.24, 2.45) is 10.2 Å². The van der Waals surface area contributed by atoms with Gasteiger partial charge in [0.2, 0.25) is 0 Å². The number of hydrogen-bond donors (Lipinski definition) is 4. The van der Waals surface area contributed by atoms with Gasteiger partial charge in [-0.15, -0.1) is 0 Å². The molecule has 0 aliphatic rings. The van der Waals surface area contributed by atoms with Crippen molar-refractivity contribution in [1.82, 2.24) is 0 Å². The van der Waals surface area contributed by atoms with Crippen LogP contribution in [-0.2, 0) is 20.3 Å². The average Bonchev–Trinajstić information content (AvgIpc) is 2.89. The molecular formula is C28H36N4O6S2. The van der Waals surface area contributed by atoms with E-state index >= 15 is 0 Å². The number of rotatable bonds is 14. The molecular weight excluding hydrogens is 552 g/mol. The Bertz CT molecular complexity index is 1470. The predicted molar refractivity (Wildman–Crippen MR) is 160 cm³/mol. The first-order valence-corrected chi connectivity index (χ1v) is 15.1. The zero-order chi connectivity index (χ0) is 29.5. The standard InChI is InChI=1S/C28H36N4O6S2/c1-28(2,18-30-31-19-9-11-20(12-10-19)32(3)4)27-23-16-21(40(36,37)38)17-25(39-35)22(23)13-14-24(27)29-15-7-5-6-8-26(33)34/h9-14,16-17,29,35H,5-8,15,18H2,1-4H3,(H,33,34)(H,36,37,38). The fourth-order valence-electron chi connectivity index (χ4n) is 4.47. The van der Waals surface area contributed by atoms with E-state index in [4.69, 9.17) is 5.11 Å². The van der Waals surface area contributed by atoms with Crippen molar-refractivity contribution in [3.8, 4) is 0 Å². The molecule has 0 amide bonds. The van der Waals surface area contributed by atoms with Crippen molar-refractivity contribution in [1.29, 1.82) is 0 Å². The van der Waals surface area contributed by atoms with Gasteiger partial charge < -0.3 is 19.9 Å². The molecule has 0 radical (unpaired) electrons. The smallest absolute Gasteiger partial charge is 0.303 e. The summed E-state index contributed by atoms with van der Waals surface area (Å²) < 4.78 is 43.9. The third-order valence-corrected chi connectivity index (χ3v) is 7.91. The number of azo groups is 1. The lowest BCUT2D eigenvalue weighted by atomic mass is 9.80. The lowest BCUT2D eigenvalue weighted by Gasteiger charge is -2.28. The lowest BCUT2D eigenvalue weighted by Crippen LogP contribution is -2.24. The molecule has 10 nitrogen and oxygen atoms in total. The fourth-order valence-corrected chi connectivity index (χ4v) is 5.53. The molecule has 3 rings (SSSR count). The van der Waals surface area contributed by atoms with E-state index < -0.39 is 21.5 Å². The van der Waals surface area contributed by atoms with Gasteiger partial charge in [-0.3, -0.25) is 9.35 Å². The van der Waals surface area contributed by atoms with Crippen molar-refractivity contribution < 1.29 is 27.4 Å². The average molecular weight is 589 g/mol. The summed E-state index contributed by atoms with van der Waals surface area (Å²) in [6, 6.07) is 14.0. The summed E-state index contributed by atoms with van der Waals surface area (Å²) in [5, 5.41) is 22.3. The van der Waals surface area contributed by atoms with Crippen molar-refractivity contribution >= 4 is 56.0 Å². The second kappa shape index (κ2) is 13.4. The van der Waals surface area contributed by atoms with Crippen LogP contribution in [0.2, 0.25) is 0 Å². The minimum atomic E-state index is -4.54. The van der Waals surface area contributed by atoms with E-state index in [-0.39, 0.29) is 17.9 Å². The highest BCUT2D eigenvalue weighted by Crippen LogP contribution is 2.41. The number of nitrogens with one attached hydrogen (secondary N) is 1. The van der Waals surface area contributed by atoms with Gasteiger partial charge in [0.15, 0.2) is 0 Å². The largest absolute Gasteiger partial charge is 0.481 e. The van der Waals surface area contributed by atoms with Crippen LogP contribution in [0.3, 0.4) is 0 Å². The van der Waals surface area contributed by atoms with Gasteiger partial charge in [-0.25, -0.2) is 0 Å². The van der Waals surface area contributed by atoms with Crippen LogP contribution in [0, 0.1) is 0 Å². The fraction of sp³-hybridized carbons (Fsp3) is 0.393. The van der Waals surface area contributed by atoms with Gasteiger partial charge in [-0.05, 0) is 71.6 Å². The SMILES string of the molecule is CN(C)c1ccc(N=NCC(C)(C)c2c(NCCCCCC(=O)O)ccc3c(SO)cc(S(=O)(=O)O)cc23)cc1. The number of unbranched alkanes of at least 4 members (excludes halogenated alkanes) is 2. The highest BCUT2D eigenvalue weighted by Gasteiger charge is 2.28. The van der Waals surface area contributed by atoms with E-state index in [1.165, 1.54) is 12.1 Å². The summed E-state index contributed by atoms with van der Waals surface area (Å²) in [4.78, 5) is 12.8. The van der Waals surface area contributed by atoms with Crippen LogP contribution in [0.5, 0.6) is 0 Å². The molecule has 0 fully saturated rings. The molecule has 0 bridgehead atoms. The molecule has 4 N–H and O–H groups in total. The quantitative estimate of drug-likeness (QED) is 0.0686. The van der Waals surface area contributed by atoms with Crippen LogP contribution >= 0.6 is 12.0 Å². The molecule has 0 spiro atoms. The molecule has 0 saturated heterocycles. The number of fused-ring (bicyclic) bond motifs is 1. The Morgan fingerprint density at radius 2 is 1.73 bits per heavy atom. The summed E-state index contributed by atoms with van der Waals surface area (Å²) in [6.45, 7) is 4.79. The molecule has 0 unspecified atom stereocenters. The Morgan fingerprint density at radius 1 is 1.02 bits per heavy atom. The maximum atomic E-state index is 12.1. The molecule has 3 aromatic carbocycles. The van der Waals surface area contributed by atoms with Gasteiger partial charge in [0.25, 0.3) is 10.1 Å². The molecule has 3 aromatic rings. The van der Waals surface area contributed by atoms with Gasteiger partial charge >= 0.3 is 5.97 Å². The van der Waals surface area contributed by atoms with Gasteiger partial charge in [0.1, 0.15) is 0 Å². The maximum absolute atomic E-state index is 12.1. The molecule has 0 heterocycles. The number of carbonyl (C=O) groups is 1. The number of nitrogens with zero attached hydrogens (tertiary/aromatic N) is 3. The monoisotopic (exact) mass is 588 g/mol. The minimum Gasteiger partial charge on any atom is -0.481 e. The van der Waals surface area contributed by atoms with E-state index in [2.05, 4.69) is 15.5 Å². The first-order chi connectivity index (χ1) is 18.8. The van der Waals surface area contributed by atoms with Crippen LogP contribution < -0.4 is 10.2 Å². The normalized spacial score (nSPS) is 12.2. The van der Waals surface area contributed by atoms with Crippen LogP contribution in [-0.4, -0.2) is 55.8 Å². The van der Waals surface area contributed by atoms with Crippen LogP contribution in [0.25, 0.3) is 10.8 Å². The zero-order valence-electron chi connectivity index (χ0n) is 23.1. The maximum Gasteiger partial charge on any atom is 0.303 e. The summed E-state index contributed by atoms with van der Waals surface area (Å²) in [7, 11) is -0.622. The van der Waals surface area contributed by atoms with Crippen molar-refractivity contribution in [2.75, 3.05) is 37.4 Å². The van der Waals surface area contributed by atoms with Crippen molar-refractivity contribution in [3.05, 3.63) is 54.1 Å². The summed E-state index contributed by atoms with van der Waals surface area (Å²) in [5.74, 6) is -0.818. The Morgan fingerprint density at radius 3 is 2.33 bits per heavy atom. The number of anilines is 2. The molecule has 12 heteroatoms. The highest BCUT2D eigenvalue weighted by atomic mass is 32.2. The Labute approximate surface area is 239 Å². The lowest BCUT2D eigenvalue weighted by molar-refractivity contribution is -0.137. The highest BCUT2D eigenvalue weighted by molar-refractivity contribution is 7.94. The summed E-state index contributed by atoms with van der Waals surface area (Å²) in [6.07, 6.45) is 2.19. The molecule has 0 aliphatic carbocycles. The minimum absolute atomic E-state index is 0.122. The molecule has 0 atom stereocenters. The molecule has 0 aliphatic heterocycles. The Balaban J connectivity index is 2.00. The first kappa shape index (κ1) is 31.3. The number of carboxylic acids is 1. The van der Waals surface area contributed by atoms with Gasteiger partial charge in [-0.2, -0.15) is 18.6 Å². The van der Waals surface area contributed by atoms with E-state index in [9.17, 15) is 22.3 Å². The summed E-state index contributed by atoms with van der Waals surface area (Å²) in [5.41, 5.74) is 2.61. The Hall–Kier alpha value is -3.19. The van der Waals surface area contributed by atoms with Crippen LogP contribution in [0.1, 0.15) is 45.1 Å². The molecule has 40 heavy (non-hydrogen) atoms. The topological polar surface area (TPSA) is 152 Å². The second-order valence-corrected chi connectivity index (χ2v) is 12.4. The van der Waals surface area contributed by atoms with Gasteiger partial charge in [-0.1, -0.05) is 26.3 Å². The number of hydrogen-bond acceptors (Lipinski definition) is 9. The van der Waals surface area contributed by atoms with Crippen LogP contribution in [0.4, 0.5) is 17.1 Å². The van der Waals surface area contributed by atoms with E-state index in [1.807, 2.05) is 63.2 Å². The molecule has 0 saturated carbocycles. The third kappa shape index (κ3) is 8.17. The van der Waals surface area contributed by atoms with E-state index in [0.717, 1.165) is 29.8 Å². The third-order valence-electron chi connectivity index (χ3n) is 6.55. The Kier molecular flexibility index (Phi) is 10.5. The van der Waals surface area contributed by atoms with Crippen molar-refractivity contribution in [3.63, 3.8) is 0 Å². The molecule has 0 aromatic heterocycles. The number of benzene rings is 3. The second-order valence-electron chi connectivity index (χ2n) is 10.4. The summed E-state index contributed by atoms with van der Waals surface area (Å²) >= 11 is 0.412.